The lowest BCUT2D eigenvalue weighted by atomic mass is 9.82. The smallest absolute Gasteiger partial charge is 0.119 e. The van der Waals surface area contributed by atoms with Gasteiger partial charge in [0.05, 0.1) is 6.61 Å². The van der Waals surface area contributed by atoms with Crippen LogP contribution in [0.15, 0.2) is 24.3 Å². The second kappa shape index (κ2) is 6.40. The molecule has 1 fully saturated rings. The normalized spacial score (nSPS) is 20.3. The van der Waals surface area contributed by atoms with Gasteiger partial charge < -0.3 is 14.8 Å². The minimum absolute atomic E-state index is 0.167. The summed E-state index contributed by atoms with van der Waals surface area (Å²) >= 11 is 0. The van der Waals surface area contributed by atoms with Gasteiger partial charge in [0, 0.05) is 13.1 Å². The SMILES string of the molecule is CCC(C)(C)c1ccc(OCC2CNCCO2)cc1. The Kier molecular flexibility index (Phi) is 4.83. The standard InChI is InChI=1S/C16H25NO2/c1-4-16(2,3)13-5-7-14(8-6-13)19-12-15-11-17-9-10-18-15/h5-8,15,17H,4,9-12H2,1-3H3. The Balaban J connectivity index is 1.88. The molecular weight excluding hydrogens is 238 g/mol. The van der Waals surface area contributed by atoms with Crippen molar-refractivity contribution >= 4 is 0 Å². The van der Waals surface area contributed by atoms with Crippen molar-refractivity contribution in [2.45, 2.75) is 38.7 Å². The third kappa shape index (κ3) is 3.95. The van der Waals surface area contributed by atoms with Crippen LogP contribution in [0.25, 0.3) is 0 Å². The highest BCUT2D eigenvalue weighted by atomic mass is 16.5. The maximum atomic E-state index is 5.78. The molecule has 1 aliphatic rings. The summed E-state index contributed by atoms with van der Waals surface area (Å²) in [5.41, 5.74) is 1.59. The number of hydrogen-bond donors (Lipinski definition) is 1. The van der Waals surface area contributed by atoms with Crippen molar-refractivity contribution in [1.29, 1.82) is 0 Å². The summed E-state index contributed by atoms with van der Waals surface area (Å²) in [6.45, 7) is 9.96. The molecule has 1 heterocycles. The summed E-state index contributed by atoms with van der Waals surface area (Å²) in [7, 11) is 0. The zero-order valence-electron chi connectivity index (χ0n) is 12.2. The molecule has 1 aliphatic heterocycles. The molecule has 1 saturated heterocycles. The lowest BCUT2D eigenvalue weighted by Gasteiger charge is -2.25. The highest BCUT2D eigenvalue weighted by Crippen LogP contribution is 2.28. The van der Waals surface area contributed by atoms with Crippen LogP contribution in [0.2, 0.25) is 0 Å². The molecule has 1 unspecified atom stereocenters. The molecule has 0 bridgehead atoms. The summed E-state index contributed by atoms with van der Waals surface area (Å²) in [6, 6.07) is 8.45. The maximum absolute atomic E-state index is 5.78. The first-order valence-electron chi connectivity index (χ1n) is 7.17. The van der Waals surface area contributed by atoms with E-state index in [4.69, 9.17) is 9.47 Å². The van der Waals surface area contributed by atoms with Crippen LogP contribution in [-0.2, 0) is 10.2 Å². The van der Waals surface area contributed by atoms with Gasteiger partial charge in [-0.2, -0.15) is 0 Å². The third-order valence-electron chi connectivity index (χ3n) is 3.96. The van der Waals surface area contributed by atoms with Crippen LogP contribution in [0, 0.1) is 0 Å². The minimum Gasteiger partial charge on any atom is -0.491 e. The number of morpholine rings is 1. The van der Waals surface area contributed by atoms with E-state index < -0.39 is 0 Å². The minimum atomic E-state index is 0.167. The van der Waals surface area contributed by atoms with Gasteiger partial charge in [0.1, 0.15) is 18.5 Å². The largest absolute Gasteiger partial charge is 0.491 e. The summed E-state index contributed by atoms with van der Waals surface area (Å²) in [4.78, 5) is 0. The molecule has 1 aromatic rings. The average Bonchev–Trinajstić information content (AvgIpc) is 2.47. The number of rotatable bonds is 5. The van der Waals surface area contributed by atoms with Crippen LogP contribution in [0.5, 0.6) is 5.75 Å². The Labute approximate surface area is 116 Å². The fourth-order valence-electron chi connectivity index (χ4n) is 2.12. The Bertz CT molecular complexity index is 380. The first kappa shape index (κ1) is 14.4. The molecule has 19 heavy (non-hydrogen) atoms. The van der Waals surface area contributed by atoms with Gasteiger partial charge in [0.2, 0.25) is 0 Å². The van der Waals surface area contributed by atoms with E-state index in [1.807, 2.05) is 0 Å². The van der Waals surface area contributed by atoms with Gasteiger partial charge in [0.25, 0.3) is 0 Å². The van der Waals surface area contributed by atoms with Gasteiger partial charge in [-0.25, -0.2) is 0 Å². The molecule has 0 amide bonds. The van der Waals surface area contributed by atoms with Gasteiger partial charge in [-0.1, -0.05) is 32.9 Å². The molecule has 1 aromatic carbocycles. The summed E-state index contributed by atoms with van der Waals surface area (Å²) in [5.74, 6) is 0.921. The van der Waals surface area contributed by atoms with Crippen LogP contribution in [0.3, 0.4) is 0 Å². The maximum Gasteiger partial charge on any atom is 0.119 e. The van der Waals surface area contributed by atoms with Gasteiger partial charge in [-0.3, -0.25) is 0 Å². The number of ether oxygens (including phenoxy) is 2. The van der Waals surface area contributed by atoms with Crippen LogP contribution in [0.4, 0.5) is 0 Å². The predicted molar refractivity (Wildman–Crippen MR) is 77.9 cm³/mol. The predicted octanol–water partition coefficient (Wildman–Crippen LogP) is 2.74. The molecular formula is C16H25NO2. The highest BCUT2D eigenvalue weighted by Gasteiger charge is 2.18. The van der Waals surface area contributed by atoms with E-state index in [0.717, 1.165) is 31.9 Å². The van der Waals surface area contributed by atoms with Crippen molar-refractivity contribution in [2.24, 2.45) is 0 Å². The molecule has 0 radical (unpaired) electrons. The van der Waals surface area contributed by atoms with Crippen LogP contribution in [0.1, 0.15) is 32.8 Å². The van der Waals surface area contributed by atoms with Gasteiger partial charge >= 0.3 is 0 Å². The Morgan fingerprint density at radius 3 is 2.63 bits per heavy atom. The highest BCUT2D eigenvalue weighted by molar-refractivity contribution is 5.31. The molecule has 0 spiro atoms. The lowest BCUT2D eigenvalue weighted by molar-refractivity contribution is 0.000189. The van der Waals surface area contributed by atoms with E-state index in [1.54, 1.807) is 0 Å². The van der Waals surface area contributed by atoms with Crippen LogP contribution >= 0.6 is 0 Å². The molecule has 3 nitrogen and oxygen atoms in total. The topological polar surface area (TPSA) is 30.5 Å². The first-order valence-corrected chi connectivity index (χ1v) is 7.17. The summed E-state index contributed by atoms with van der Waals surface area (Å²) in [5, 5.41) is 3.30. The second-order valence-electron chi connectivity index (χ2n) is 5.77. The molecule has 106 valence electrons. The average molecular weight is 263 g/mol. The zero-order valence-corrected chi connectivity index (χ0v) is 12.2. The van der Waals surface area contributed by atoms with E-state index in [9.17, 15) is 0 Å². The van der Waals surface area contributed by atoms with Crippen LogP contribution < -0.4 is 10.1 Å². The zero-order chi connectivity index (χ0) is 13.7. The lowest BCUT2D eigenvalue weighted by Crippen LogP contribution is -2.41. The van der Waals surface area contributed by atoms with Crippen molar-refractivity contribution in [2.75, 3.05) is 26.3 Å². The number of nitrogens with one attached hydrogen (secondary N) is 1. The van der Waals surface area contributed by atoms with E-state index in [2.05, 4.69) is 50.4 Å². The van der Waals surface area contributed by atoms with Crippen molar-refractivity contribution in [3.63, 3.8) is 0 Å². The fourth-order valence-corrected chi connectivity index (χ4v) is 2.12. The van der Waals surface area contributed by atoms with Crippen molar-refractivity contribution in [3.8, 4) is 5.75 Å². The molecule has 3 heteroatoms. The Morgan fingerprint density at radius 2 is 2.05 bits per heavy atom. The molecule has 0 saturated carbocycles. The fraction of sp³-hybridized carbons (Fsp3) is 0.625. The van der Waals surface area contributed by atoms with Gasteiger partial charge in [-0.15, -0.1) is 0 Å². The third-order valence-corrected chi connectivity index (χ3v) is 3.96. The molecule has 1 N–H and O–H groups in total. The Hall–Kier alpha value is -1.06. The molecule has 0 aliphatic carbocycles. The van der Waals surface area contributed by atoms with Gasteiger partial charge in [-0.05, 0) is 29.5 Å². The quantitative estimate of drug-likeness (QED) is 0.886. The van der Waals surface area contributed by atoms with E-state index in [-0.39, 0.29) is 11.5 Å². The summed E-state index contributed by atoms with van der Waals surface area (Å²) in [6.07, 6.45) is 1.30. The van der Waals surface area contributed by atoms with Crippen molar-refractivity contribution in [3.05, 3.63) is 29.8 Å². The number of hydrogen-bond acceptors (Lipinski definition) is 3. The molecule has 0 aromatic heterocycles. The first-order chi connectivity index (χ1) is 9.12. The van der Waals surface area contributed by atoms with E-state index in [0.29, 0.717) is 6.61 Å². The molecule has 1 atom stereocenters. The number of benzene rings is 1. The van der Waals surface area contributed by atoms with Crippen molar-refractivity contribution in [1.82, 2.24) is 5.32 Å². The Morgan fingerprint density at radius 1 is 1.32 bits per heavy atom. The van der Waals surface area contributed by atoms with Crippen molar-refractivity contribution < 1.29 is 9.47 Å². The monoisotopic (exact) mass is 263 g/mol. The van der Waals surface area contributed by atoms with E-state index in [1.165, 1.54) is 5.56 Å². The van der Waals surface area contributed by atoms with Crippen LogP contribution in [-0.4, -0.2) is 32.4 Å². The van der Waals surface area contributed by atoms with Gasteiger partial charge in [0.15, 0.2) is 0 Å². The van der Waals surface area contributed by atoms with E-state index >= 15 is 0 Å². The summed E-state index contributed by atoms with van der Waals surface area (Å²) < 4.78 is 11.4. The second-order valence-corrected chi connectivity index (χ2v) is 5.77. The molecule has 2 rings (SSSR count).